The third-order valence-corrected chi connectivity index (χ3v) is 7.70. The Bertz CT molecular complexity index is 1540. The van der Waals surface area contributed by atoms with E-state index in [0.29, 0.717) is 37.6 Å². The highest BCUT2D eigenvalue weighted by Gasteiger charge is 2.35. The molecule has 1 fully saturated rings. The number of carbonyl (C=O) groups is 2. The molecule has 1 aliphatic heterocycles. The smallest absolute Gasteiger partial charge is 0.410 e. The summed E-state index contributed by atoms with van der Waals surface area (Å²) in [5, 5.41) is 5.35. The van der Waals surface area contributed by atoms with E-state index in [-0.39, 0.29) is 24.0 Å². The average Bonchev–Trinajstić information content (AvgIpc) is 3.02. The minimum Gasteiger partial charge on any atom is -0.497 e. The Hall–Kier alpha value is -4.36. The van der Waals surface area contributed by atoms with Gasteiger partial charge in [0.25, 0.3) is 5.91 Å². The van der Waals surface area contributed by atoms with E-state index in [1.54, 1.807) is 36.3 Å². The molecule has 7 nitrogen and oxygen atoms in total. The zero-order chi connectivity index (χ0) is 30.4. The van der Waals surface area contributed by atoms with E-state index >= 15 is 0 Å². The molecule has 1 N–H and O–H groups in total. The first-order chi connectivity index (χ1) is 20.7. The molecule has 0 radical (unpaired) electrons. The Balaban J connectivity index is 1.26. The van der Waals surface area contributed by atoms with Gasteiger partial charge >= 0.3 is 6.09 Å². The lowest BCUT2D eigenvalue weighted by atomic mass is 9.86. The predicted molar refractivity (Wildman–Crippen MR) is 168 cm³/mol. The zero-order valence-corrected chi connectivity index (χ0v) is 25.3. The molecule has 224 valence electrons. The highest BCUT2D eigenvalue weighted by atomic mass is 16.6. The molecule has 1 heterocycles. The van der Waals surface area contributed by atoms with Gasteiger partial charge in [0.15, 0.2) is 0 Å². The van der Waals surface area contributed by atoms with Gasteiger partial charge in [-0.05, 0) is 85.0 Å². The van der Waals surface area contributed by atoms with Crippen molar-refractivity contribution in [1.29, 1.82) is 0 Å². The summed E-state index contributed by atoms with van der Waals surface area (Å²) in [7, 11) is 1.60. The summed E-state index contributed by atoms with van der Waals surface area (Å²) >= 11 is 0. The molecule has 0 spiro atoms. The van der Waals surface area contributed by atoms with Crippen molar-refractivity contribution in [2.24, 2.45) is 0 Å². The van der Waals surface area contributed by atoms with Crippen molar-refractivity contribution in [2.75, 3.05) is 20.2 Å². The second kappa shape index (κ2) is 13.3. The Morgan fingerprint density at radius 3 is 2.28 bits per heavy atom. The maximum atomic E-state index is 12.9. The standard InChI is InChI=1S/C36H40N2O5/c1-36(2,3)43-35(40)38-20-19-32(33(23-38)42-24-26-11-12-27-7-5-6-8-30(27)21-26)28-13-9-25(10-14-28)22-37-34(39)29-15-17-31(41-4)18-16-29/h5-18,21,32-33H,19-20,22-24H2,1-4H3,(H,37,39). The molecule has 2 atom stereocenters. The van der Waals surface area contributed by atoms with Gasteiger partial charge in [0, 0.05) is 24.6 Å². The van der Waals surface area contributed by atoms with Gasteiger partial charge in [-0.1, -0.05) is 60.7 Å². The molecule has 43 heavy (non-hydrogen) atoms. The fraction of sp³-hybridized carbons (Fsp3) is 0.333. The Kier molecular flexibility index (Phi) is 9.31. The van der Waals surface area contributed by atoms with Crippen LogP contribution in [0.1, 0.15) is 60.2 Å². The summed E-state index contributed by atoms with van der Waals surface area (Å²) in [4.78, 5) is 27.3. The van der Waals surface area contributed by atoms with E-state index in [1.807, 2.05) is 45.0 Å². The molecule has 4 aromatic carbocycles. The van der Waals surface area contributed by atoms with Crippen molar-refractivity contribution >= 4 is 22.8 Å². The number of fused-ring (bicyclic) bond motifs is 1. The van der Waals surface area contributed by atoms with Crippen LogP contribution in [0.3, 0.4) is 0 Å². The van der Waals surface area contributed by atoms with Crippen LogP contribution in [0.5, 0.6) is 5.75 Å². The molecule has 5 rings (SSSR count). The first kappa shape index (κ1) is 30.1. The van der Waals surface area contributed by atoms with Crippen molar-refractivity contribution in [3.8, 4) is 5.75 Å². The predicted octanol–water partition coefficient (Wildman–Crippen LogP) is 7.09. The molecule has 1 saturated heterocycles. The number of benzene rings is 4. The molecular formula is C36H40N2O5. The molecule has 1 aliphatic rings. The van der Waals surface area contributed by atoms with Crippen LogP contribution in [0.4, 0.5) is 4.79 Å². The van der Waals surface area contributed by atoms with Crippen molar-refractivity contribution < 1.29 is 23.8 Å². The van der Waals surface area contributed by atoms with Crippen LogP contribution in [0.25, 0.3) is 10.8 Å². The second-order valence-corrected chi connectivity index (χ2v) is 12.0. The number of likely N-dealkylation sites (tertiary alicyclic amines) is 1. The van der Waals surface area contributed by atoms with Gasteiger partial charge in [-0.3, -0.25) is 4.79 Å². The minimum atomic E-state index is -0.562. The van der Waals surface area contributed by atoms with Crippen molar-refractivity contribution in [2.45, 2.75) is 58.0 Å². The molecule has 2 unspecified atom stereocenters. The summed E-state index contributed by atoms with van der Waals surface area (Å²) in [5.74, 6) is 0.689. The molecular weight excluding hydrogens is 540 g/mol. The van der Waals surface area contributed by atoms with E-state index in [9.17, 15) is 9.59 Å². The largest absolute Gasteiger partial charge is 0.497 e. The maximum Gasteiger partial charge on any atom is 0.410 e. The number of nitrogens with one attached hydrogen (secondary N) is 1. The van der Waals surface area contributed by atoms with Crippen molar-refractivity contribution in [3.05, 3.63) is 113 Å². The van der Waals surface area contributed by atoms with Crippen LogP contribution in [0, 0.1) is 0 Å². The van der Waals surface area contributed by atoms with Gasteiger partial charge in [0.1, 0.15) is 11.4 Å². The van der Waals surface area contributed by atoms with E-state index in [0.717, 1.165) is 23.1 Å². The van der Waals surface area contributed by atoms with Gasteiger partial charge < -0.3 is 24.4 Å². The van der Waals surface area contributed by atoms with Crippen molar-refractivity contribution in [3.63, 3.8) is 0 Å². The van der Waals surface area contributed by atoms with E-state index in [4.69, 9.17) is 14.2 Å². The lowest BCUT2D eigenvalue weighted by Gasteiger charge is -2.39. The number of hydrogen-bond acceptors (Lipinski definition) is 5. The number of hydrogen-bond donors (Lipinski definition) is 1. The lowest BCUT2D eigenvalue weighted by molar-refractivity contribution is -0.0359. The van der Waals surface area contributed by atoms with Gasteiger partial charge in [0.05, 0.1) is 26.4 Å². The molecule has 4 aromatic rings. The second-order valence-electron chi connectivity index (χ2n) is 12.0. The van der Waals surface area contributed by atoms with Crippen LogP contribution >= 0.6 is 0 Å². The Morgan fingerprint density at radius 2 is 1.58 bits per heavy atom. The first-order valence-electron chi connectivity index (χ1n) is 14.8. The first-order valence-corrected chi connectivity index (χ1v) is 14.8. The summed E-state index contributed by atoms with van der Waals surface area (Å²) in [6, 6.07) is 30.0. The quantitative estimate of drug-likeness (QED) is 0.241. The van der Waals surface area contributed by atoms with Crippen LogP contribution in [-0.4, -0.2) is 48.8 Å². The molecule has 0 aliphatic carbocycles. The normalized spacial score (nSPS) is 17.0. The Morgan fingerprint density at radius 1 is 0.884 bits per heavy atom. The molecule has 0 saturated carbocycles. The highest BCUT2D eigenvalue weighted by molar-refractivity contribution is 5.94. The molecule has 0 bridgehead atoms. The van der Waals surface area contributed by atoms with Crippen molar-refractivity contribution in [1.82, 2.24) is 10.2 Å². The number of carbonyl (C=O) groups excluding carboxylic acids is 2. The third kappa shape index (κ3) is 7.93. The van der Waals surface area contributed by atoms with Crippen LogP contribution in [0.15, 0.2) is 91.0 Å². The number of nitrogens with zero attached hydrogens (tertiary/aromatic N) is 1. The Labute approximate surface area is 253 Å². The lowest BCUT2D eigenvalue weighted by Crippen LogP contribution is -2.48. The number of piperidine rings is 1. The summed E-state index contributed by atoms with van der Waals surface area (Å²) in [5.41, 5.74) is 3.27. The number of ether oxygens (including phenoxy) is 3. The number of rotatable bonds is 8. The summed E-state index contributed by atoms with van der Waals surface area (Å²) in [6.45, 7) is 7.56. The SMILES string of the molecule is COc1ccc(C(=O)NCc2ccc(C3CCN(C(=O)OC(C)(C)C)CC3OCc3ccc4ccccc4c3)cc2)cc1. The van der Waals surface area contributed by atoms with Crippen LogP contribution in [0.2, 0.25) is 0 Å². The minimum absolute atomic E-state index is 0.113. The molecule has 0 aromatic heterocycles. The summed E-state index contributed by atoms with van der Waals surface area (Å²) in [6.07, 6.45) is 0.247. The van der Waals surface area contributed by atoms with Gasteiger partial charge in [-0.25, -0.2) is 4.79 Å². The van der Waals surface area contributed by atoms with Gasteiger partial charge in [-0.2, -0.15) is 0 Å². The van der Waals surface area contributed by atoms with E-state index in [1.165, 1.54) is 10.8 Å². The highest BCUT2D eigenvalue weighted by Crippen LogP contribution is 2.32. The third-order valence-electron chi connectivity index (χ3n) is 7.70. The molecule has 7 heteroatoms. The fourth-order valence-electron chi connectivity index (χ4n) is 5.40. The fourth-order valence-corrected chi connectivity index (χ4v) is 5.40. The van der Waals surface area contributed by atoms with E-state index in [2.05, 4.69) is 47.8 Å². The molecule has 2 amide bonds. The van der Waals surface area contributed by atoms with E-state index < -0.39 is 5.60 Å². The number of methoxy groups -OCH3 is 1. The number of amides is 2. The average molecular weight is 581 g/mol. The van der Waals surface area contributed by atoms with Crippen LogP contribution < -0.4 is 10.1 Å². The zero-order valence-electron chi connectivity index (χ0n) is 25.3. The monoisotopic (exact) mass is 580 g/mol. The van der Waals surface area contributed by atoms with Gasteiger partial charge in [0.2, 0.25) is 0 Å². The van der Waals surface area contributed by atoms with Crippen LogP contribution in [-0.2, 0) is 22.6 Å². The topological polar surface area (TPSA) is 77.1 Å². The van der Waals surface area contributed by atoms with Gasteiger partial charge in [-0.15, -0.1) is 0 Å². The maximum absolute atomic E-state index is 12.9. The summed E-state index contributed by atoms with van der Waals surface area (Å²) < 4.78 is 17.4.